The first kappa shape index (κ1) is 20.9. The number of rotatable bonds is 8. The Balaban J connectivity index is 1.28. The number of aliphatic hydroxyl groups is 1. The number of aliphatic hydroxyl groups excluding tert-OH is 1. The molecule has 162 valence electrons. The topological polar surface area (TPSA) is 76.5 Å². The fourth-order valence-corrected chi connectivity index (χ4v) is 4.37. The van der Waals surface area contributed by atoms with E-state index >= 15 is 0 Å². The Morgan fingerprint density at radius 1 is 1.03 bits per heavy atom. The average Bonchev–Trinajstić information content (AvgIpc) is 3.32. The number of hydrogen-bond donors (Lipinski definition) is 3. The average molecular weight is 411 g/mol. The van der Waals surface area contributed by atoms with Crippen LogP contribution in [0, 0.1) is 6.92 Å². The number of benzene rings is 1. The molecule has 3 heterocycles. The lowest BCUT2D eigenvalue weighted by Crippen LogP contribution is -2.42. The summed E-state index contributed by atoms with van der Waals surface area (Å²) >= 11 is 0. The fourth-order valence-electron chi connectivity index (χ4n) is 4.37. The first-order valence-corrected chi connectivity index (χ1v) is 11.2. The summed E-state index contributed by atoms with van der Waals surface area (Å²) in [7, 11) is 0. The number of nitrogens with one attached hydrogen (secondary N) is 2. The largest absolute Gasteiger partial charge is 0.395 e. The number of piperidine rings is 1. The van der Waals surface area contributed by atoms with Crippen LogP contribution in [-0.4, -0.2) is 60.4 Å². The van der Waals surface area contributed by atoms with Crippen molar-refractivity contribution in [1.29, 1.82) is 0 Å². The summed E-state index contributed by atoms with van der Waals surface area (Å²) in [6.45, 7) is 7.81. The third-order valence-electron chi connectivity index (χ3n) is 6.03. The van der Waals surface area contributed by atoms with E-state index < -0.39 is 0 Å². The zero-order valence-electron chi connectivity index (χ0n) is 18.0. The molecule has 2 saturated heterocycles. The van der Waals surface area contributed by atoms with Crippen molar-refractivity contribution in [2.24, 2.45) is 0 Å². The Morgan fingerprint density at radius 2 is 1.83 bits per heavy atom. The highest BCUT2D eigenvalue weighted by Crippen LogP contribution is 2.23. The van der Waals surface area contributed by atoms with E-state index in [4.69, 9.17) is 5.11 Å². The summed E-state index contributed by atoms with van der Waals surface area (Å²) in [5, 5.41) is 15.8. The van der Waals surface area contributed by atoms with Crippen LogP contribution in [0.1, 0.15) is 36.9 Å². The number of hydrogen-bond acceptors (Lipinski definition) is 7. The lowest BCUT2D eigenvalue weighted by molar-refractivity contribution is 0.311. The van der Waals surface area contributed by atoms with Gasteiger partial charge in [0.25, 0.3) is 0 Å². The summed E-state index contributed by atoms with van der Waals surface area (Å²) in [6.07, 6.45) is 4.83. The van der Waals surface area contributed by atoms with Gasteiger partial charge in [-0.3, -0.25) is 0 Å². The molecule has 7 nitrogen and oxygen atoms in total. The van der Waals surface area contributed by atoms with Crippen LogP contribution in [0.3, 0.4) is 0 Å². The molecule has 2 fully saturated rings. The third kappa shape index (κ3) is 5.40. The number of anilines is 3. The zero-order valence-corrected chi connectivity index (χ0v) is 18.0. The second kappa shape index (κ2) is 10.1. The predicted octanol–water partition coefficient (Wildman–Crippen LogP) is 2.55. The number of aromatic nitrogens is 2. The zero-order chi connectivity index (χ0) is 20.8. The van der Waals surface area contributed by atoms with E-state index in [1.54, 1.807) is 0 Å². The molecule has 2 aromatic rings. The predicted molar refractivity (Wildman–Crippen MR) is 122 cm³/mol. The minimum absolute atomic E-state index is 0.0740. The Bertz CT molecular complexity index is 815. The van der Waals surface area contributed by atoms with Crippen molar-refractivity contribution in [3.05, 3.63) is 41.6 Å². The smallest absolute Gasteiger partial charge is 0.224 e. The summed E-state index contributed by atoms with van der Waals surface area (Å²) in [6, 6.07) is 11.6. The highest BCUT2D eigenvalue weighted by atomic mass is 16.3. The van der Waals surface area contributed by atoms with Crippen molar-refractivity contribution in [1.82, 2.24) is 15.3 Å². The maximum atomic E-state index is 9.01. The van der Waals surface area contributed by atoms with E-state index in [-0.39, 0.29) is 6.61 Å². The van der Waals surface area contributed by atoms with Crippen molar-refractivity contribution < 1.29 is 5.11 Å². The summed E-state index contributed by atoms with van der Waals surface area (Å²) < 4.78 is 0. The molecule has 0 bridgehead atoms. The van der Waals surface area contributed by atoms with Gasteiger partial charge < -0.3 is 25.5 Å². The van der Waals surface area contributed by atoms with Crippen LogP contribution in [0.15, 0.2) is 30.3 Å². The second-order valence-corrected chi connectivity index (χ2v) is 8.35. The van der Waals surface area contributed by atoms with Gasteiger partial charge in [-0.15, -0.1) is 0 Å². The van der Waals surface area contributed by atoms with Gasteiger partial charge in [0.2, 0.25) is 5.95 Å². The van der Waals surface area contributed by atoms with Gasteiger partial charge in [0, 0.05) is 62.8 Å². The molecule has 0 unspecified atom stereocenters. The molecule has 0 atom stereocenters. The number of nitrogens with zero attached hydrogens (tertiary/aromatic N) is 4. The van der Waals surface area contributed by atoms with Crippen LogP contribution in [0.2, 0.25) is 0 Å². The van der Waals surface area contributed by atoms with Gasteiger partial charge in [-0.25, -0.2) is 4.98 Å². The van der Waals surface area contributed by atoms with Crippen LogP contribution in [0.5, 0.6) is 0 Å². The summed E-state index contributed by atoms with van der Waals surface area (Å²) in [5.74, 6) is 1.57. The highest BCUT2D eigenvalue weighted by molar-refractivity contribution is 5.49. The minimum atomic E-state index is 0.0740. The summed E-state index contributed by atoms with van der Waals surface area (Å²) in [5.41, 5.74) is 3.68. The van der Waals surface area contributed by atoms with Crippen molar-refractivity contribution in [3.63, 3.8) is 0 Å². The summed E-state index contributed by atoms with van der Waals surface area (Å²) in [4.78, 5) is 13.9. The van der Waals surface area contributed by atoms with Crippen LogP contribution in [0.25, 0.3) is 0 Å². The van der Waals surface area contributed by atoms with E-state index in [0.29, 0.717) is 18.5 Å². The van der Waals surface area contributed by atoms with Gasteiger partial charge in [-0.1, -0.05) is 12.1 Å². The molecule has 0 amide bonds. The molecule has 30 heavy (non-hydrogen) atoms. The van der Waals surface area contributed by atoms with Gasteiger partial charge in [0.05, 0.1) is 6.61 Å². The van der Waals surface area contributed by atoms with E-state index in [0.717, 1.165) is 44.0 Å². The maximum Gasteiger partial charge on any atom is 0.224 e. The fraction of sp³-hybridized carbons (Fsp3) is 0.565. The van der Waals surface area contributed by atoms with Gasteiger partial charge >= 0.3 is 0 Å². The molecule has 0 aliphatic carbocycles. The van der Waals surface area contributed by atoms with Crippen molar-refractivity contribution >= 4 is 17.5 Å². The monoisotopic (exact) mass is 410 g/mol. The Hall–Kier alpha value is -2.38. The maximum absolute atomic E-state index is 9.01. The highest BCUT2D eigenvalue weighted by Gasteiger charge is 2.21. The molecular weight excluding hydrogens is 376 g/mol. The molecular formula is C23H34N6O. The van der Waals surface area contributed by atoms with E-state index in [9.17, 15) is 0 Å². The van der Waals surface area contributed by atoms with E-state index in [2.05, 4.69) is 54.7 Å². The first-order chi connectivity index (χ1) is 14.7. The van der Waals surface area contributed by atoms with Crippen molar-refractivity contribution in [3.8, 4) is 0 Å². The lowest BCUT2D eigenvalue weighted by Gasteiger charge is -2.33. The van der Waals surface area contributed by atoms with Crippen molar-refractivity contribution in [2.45, 2.75) is 45.2 Å². The standard InChI is InChI=1S/C23H34N6O/c1-18-15-22(27-23(26-18)24-9-14-30)29-12-7-20(8-13-29)25-17-19-5-4-6-21(16-19)28-10-2-3-11-28/h4-6,15-16,20,25,30H,2-3,7-14,17H2,1H3,(H,24,26,27). The van der Waals surface area contributed by atoms with E-state index in [1.807, 2.05) is 13.0 Å². The normalized spacial score (nSPS) is 17.5. The molecule has 7 heteroatoms. The quantitative estimate of drug-likeness (QED) is 0.617. The Labute approximate surface area is 179 Å². The van der Waals surface area contributed by atoms with Crippen molar-refractivity contribution in [2.75, 3.05) is 54.4 Å². The molecule has 0 spiro atoms. The molecule has 2 aliphatic rings. The molecule has 1 aromatic carbocycles. The molecule has 2 aliphatic heterocycles. The van der Waals surface area contributed by atoms with Gasteiger partial charge in [-0.05, 0) is 50.3 Å². The SMILES string of the molecule is Cc1cc(N2CCC(NCc3cccc(N4CCCC4)c3)CC2)nc(NCCO)n1. The van der Waals surface area contributed by atoms with Crippen LogP contribution in [-0.2, 0) is 6.54 Å². The van der Waals surface area contributed by atoms with Crippen LogP contribution < -0.4 is 20.4 Å². The van der Waals surface area contributed by atoms with Crippen LogP contribution >= 0.6 is 0 Å². The van der Waals surface area contributed by atoms with Crippen LogP contribution in [0.4, 0.5) is 17.5 Å². The third-order valence-corrected chi connectivity index (χ3v) is 6.03. The van der Waals surface area contributed by atoms with E-state index in [1.165, 1.54) is 37.2 Å². The Kier molecular flexibility index (Phi) is 7.02. The molecule has 0 saturated carbocycles. The minimum Gasteiger partial charge on any atom is -0.395 e. The Morgan fingerprint density at radius 3 is 2.60 bits per heavy atom. The second-order valence-electron chi connectivity index (χ2n) is 8.35. The first-order valence-electron chi connectivity index (χ1n) is 11.2. The lowest BCUT2D eigenvalue weighted by atomic mass is 10.0. The number of aryl methyl sites for hydroxylation is 1. The molecule has 4 rings (SSSR count). The van der Waals surface area contributed by atoms with Gasteiger partial charge in [0.1, 0.15) is 5.82 Å². The molecule has 1 aromatic heterocycles. The molecule has 3 N–H and O–H groups in total. The van der Waals surface area contributed by atoms with Gasteiger partial charge in [-0.2, -0.15) is 4.98 Å². The van der Waals surface area contributed by atoms with Gasteiger partial charge in [0.15, 0.2) is 0 Å². The molecule has 0 radical (unpaired) electrons.